The lowest BCUT2D eigenvalue weighted by molar-refractivity contribution is 0.110. The number of aliphatic hydroxyl groups excluding tert-OH is 1. The first-order valence-corrected chi connectivity index (χ1v) is 8.04. The molecule has 1 atom stereocenters. The lowest BCUT2D eigenvalue weighted by atomic mass is 9.92. The van der Waals surface area contributed by atoms with Gasteiger partial charge in [0.05, 0.1) is 11.8 Å². The maximum atomic E-state index is 14.3. The Balaban J connectivity index is 1.95. The van der Waals surface area contributed by atoms with Crippen LogP contribution in [-0.2, 0) is 6.54 Å². The molecule has 2 rings (SSSR count). The minimum absolute atomic E-state index is 0.138. The third-order valence-electron chi connectivity index (χ3n) is 4.33. The van der Waals surface area contributed by atoms with E-state index in [2.05, 4.69) is 17.1 Å². The predicted octanol–water partition coefficient (Wildman–Crippen LogP) is 2.92. The molecule has 1 aromatic rings. The molecule has 0 aliphatic carbocycles. The largest absolute Gasteiger partial charge is 0.393 e. The summed E-state index contributed by atoms with van der Waals surface area (Å²) in [4.78, 5) is 2.09. The van der Waals surface area contributed by atoms with Gasteiger partial charge in [0.25, 0.3) is 0 Å². The van der Waals surface area contributed by atoms with Gasteiger partial charge >= 0.3 is 0 Å². The minimum Gasteiger partial charge on any atom is -0.393 e. The summed E-state index contributed by atoms with van der Waals surface area (Å²) in [5.74, 6) is 0.211. The van der Waals surface area contributed by atoms with Crippen molar-refractivity contribution >= 4 is 5.69 Å². The summed E-state index contributed by atoms with van der Waals surface area (Å²) in [5, 5.41) is 12.9. The van der Waals surface area contributed by atoms with Crippen LogP contribution >= 0.6 is 0 Å². The minimum atomic E-state index is -0.260. The summed E-state index contributed by atoms with van der Waals surface area (Å²) in [6.07, 6.45) is 2.68. The third-order valence-corrected chi connectivity index (χ3v) is 4.33. The van der Waals surface area contributed by atoms with Crippen LogP contribution in [0.1, 0.15) is 38.7 Å². The summed E-state index contributed by atoms with van der Waals surface area (Å²) in [7, 11) is 0. The molecule has 1 aliphatic rings. The number of anilines is 1. The van der Waals surface area contributed by atoms with Gasteiger partial charge in [-0.2, -0.15) is 0 Å². The Bertz CT molecular complexity index is 442. The van der Waals surface area contributed by atoms with Crippen LogP contribution in [0, 0.1) is 11.7 Å². The SMILES string of the molecule is CCCNCc1ccc(N2CCC(C(C)O)CC2)c(F)c1. The van der Waals surface area contributed by atoms with Crippen LogP contribution in [0.4, 0.5) is 10.1 Å². The number of hydrogen-bond acceptors (Lipinski definition) is 3. The number of rotatable bonds is 6. The topological polar surface area (TPSA) is 35.5 Å². The Kier molecular flexibility index (Phi) is 6.00. The van der Waals surface area contributed by atoms with Gasteiger partial charge in [0, 0.05) is 19.6 Å². The molecule has 0 aromatic heterocycles. The van der Waals surface area contributed by atoms with Gasteiger partial charge in [-0.25, -0.2) is 4.39 Å². The van der Waals surface area contributed by atoms with Gasteiger partial charge < -0.3 is 15.3 Å². The van der Waals surface area contributed by atoms with Crippen molar-refractivity contribution in [3.05, 3.63) is 29.6 Å². The van der Waals surface area contributed by atoms with E-state index in [1.807, 2.05) is 19.1 Å². The van der Waals surface area contributed by atoms with E-state index in [1.54, 1.807) is 6.07 Å². The lowest BCUT2D eigenvalue weighted by Gasteiger charge is -2.35. The highest BCUT2D eigenvalue weighted by Crippen LogP contribution is 2.27. The van der Waals surface area contributed by atoms with Crippen molar-refractivity contribution in [2.45, 2.75) is 45.8 Å². The number of hydrogen-bond donors (Lipinski definition) is 2. The molecular weight excluding hydrogens is 267 g/mol. The predicted molar refractivity (Wildman–Crippen MR) is 85.0 cm³/mol. The Hall–Kier alpha value is -1.13. The first kappa shape index (κ1) is 16.2. The first-order valence-electron chi connectivity index (χ1n) is 8.04. The van der Waals surface area contributed by atoms with Crippen molar-refractivity contribution in [3.63, 3.8) is 0 Å². The highest BCUT2D eigenvalue weighted by Gasteiger charge is 2.24. The molecule has 1 saturated heterocycles. The van der Waals surface area contributed by atoms with Crippen LogP contribution < -0.4 is 10.2 Å². The molecule has 2 N–H and O–H groups in total. The van der Waals surface area contributed by atoms with Gasteiger partial charge in [-0.3, -0.25) is 0 Å². The van der Waals surface area contributed by atoms with Crippen LogP contribution in [0.2, 0.25) is 0 Å². The maximum absolute atomic E-state index is 14.3. The average molecular weight is 294 g/mol. The van der Waals surface area contributed by atoms with Crippen LogP contribution in [0.15, 0.2) is 18.2 Å². The Labute approximate surface area is 127 Å². The summed E-state index contributed by atoms with van der Waals surface area (Å²) >= 11 is 0. The second-order valence-electron chi connectivity index (χ2n) is 6.03. The molecule has 1 unspecified atom stereocenters. The second kappa shape index (κ2) is 7.76. The van der Waals surface area contributed by atoms with Gasteiger partial charge in [-0.15, -0.1) is 0 Å². The van der Waals surface area contributed by atoms with E-state index >= 15 is 0 Å². The number of piperidine rings is 1. The lowest BCUT2D eigenvalue weighted by Crippen LogP contribution is -2.37. The van der Waals surface area contributed by atoms with E-state index in [4.69, 9.17) is 0 Å². The van der Waals surface area contributed by atoms with E-state index in [9.17, 15) is 9.50 Å². The zero-order chi connectivity index (χ0) is 15.2. The molecule has 0 saturated carbocycles. The van der Waals surface area contributed by atoms with Crippen LogP contribution in [0.25, 0.3) is 0 Å². The maximum Gasteiger partial charge on any atom is 0.146 e. The molecule has 1 fully saturated rings. The smallest absolute Gasteiger partial charge is 0.146 e. The zero-order valence-corrected chi connectivity index (χ0v) is 13.1. The van der Waals surface area contributed by atoms with Crippen molar-refractivity contribution < 1.29 is 9.50 Å². The van der Waals surface area contributed by atoms with Crippen LogP contribution in [0.5, 0.6) is 0 Å². The molecule has 0 bridgehead atoms. The van der Waals surface area contributed by atoms with Crippen molar-refractivity contribution in [3.8, 4) is 0 Å². The zero-order valence-electron chi connectivity index (χ0n) is 13.1. The summed E-state index contributed by atoms with van der Waals surface area (Å²) < 4.78 is 14.3. The molecule has 1 heterocycles. The Morgan fingerprint density at radius 2 is 2.10 bits per heavy atom. The average Bonchev–Trinajstić information content (AvgIpc) is 2.48. The number of aliphatic hydroxyl groups is 1. The molecular formula is C17H27FN2O. The quantitative estimate of drug-likeness (QED) is 0.792. The monoisotopic (exact) mass is 294 g/mol. The van der Waals surface area contributed by atoms with Gasteiger partial charge in [-0.05, 0) is 56.3 Å². The van der Waals surface area contributed by atoms with Crippen molar-refractivity contribution in [2.24, 2.45) is 5.92 Å². The molecule has 3 nitrogen and oxygen atoms in total. The number of nitrogens with one attached hydrogen (secondary N) is 1. The third kappa shape index (κ3) is 4.42. The standard InChI is InChI=1S/C17H27FN2O/c1-3-8-19-12-14-4-5-17(16(18)11-14)20-9-6-15(7-10-20)13(2)21/h4-5,11,13,15,19,21H,3,6-10,12H2,1-2H3. The molecule has 0 spiro atoms. The van der Waals surface area contributed by atoms with E-state index in [0.29, 0.717) is 11.6 Å². The van der Waals surface area contributed by atoms with Gasteiger partial charge in [0.2, 0.25) is 0 Å². The molecule has 4 heteroatoms. The molecule has 21 heavy (non-hydrogen) atoms. The van der Waals surface area contributed by atoms with Crippen LogP contribution in [0.3, 0.4) is 0 Å². The number of benzene rings is 1. The van der Waals surface area contributed by atoms with Gasteiger partial charge in [0.1, 0.15) is 5.82 Å². The molecule has 1 aliphatic heterocycles. The van der Waals surface area contributed by atoms with E-state index in [-0.39, 0.29) is 11.9 Å². The molecule has 1 aromatic carbocycles. The Morgan fingerprint density at radius 1 is 1.38 bits per heavy atom. The van der Waals surface area contributed by atoms with Crippen molar-refractivity contribution in [1.29, 1.82) is 0 Å². The number of nitrogens with zero attached hydrogens (tertiary/aromatic N) is 1. The van der Waals surface area contributed by atoms with E-state index < -0.39 is 0 Å². The van der Waals surface area contributed by atoms with Crippen LogP contribution in [-0.4, -0.2) is 30.8 Å². The molecule has 118 valence electrons. The highest BCUT2D eigenvalue weighted by atomic mass is 19.1. The fraction of sp³-hybridized carbons (Fsp3) is 0.647. The second-order valence-corrected chi connectivity index (χ2v) is 6.03. The van der Waals surface area contributed by atoms with Gasteiger partial charge in [-0.1, -0.05) is 13.0 Å². The fourth-order valence-corrected chi connectivity index (χ4v) is 2.95. The number of halogens is 1. The van der Waals surface area contributed by atoms with E-state index in [1.165, 1.54) is 0 Å². The summed E-state index contributed by atoms with van der Waals surface area (Å²) in [6, 6.07) is 5.53. The molecule has 0 radical (unpaired) electrons. The first-order chi connectivity index (χ1) is 10.1. The van der Waals surface area contributed by atoms with Crippen molar-refractivity contribution in [2.75, 3.05) is 24.5 Å². The van der Waals surface area contributed by atoms with Gasteiger partial charge in [0.15, 0.2) is 0 Å². The highest BCUT2D eigenvalue weighted by molar-refractivity contribution is 5.49. The summed E-state index contributed by atoms with van der Waals surface area (Å²) in [5.41, 5.74) is 1.68. The van der Waals surface area contributed by atoms with Crippen molar-refractivity contribution in [1.82, 2.24) is 5.32 Å². The van der Waals surface area contributed by atoms with E-state index in [0.717, 1.165) is 51.0 Å². The fourth-order valence-electron chi connectivity index (χ4n) is 2.95. The molecule has 0 amide bonds. The summed E-state index contributed by atoms with van der Waals surface area (Å²) in [6.45, 7) is 7.28. The Morgan fingerprint density at radius 3 is 2.67 bits per heavy atom. The normalized spacial score (nSPS) is 18.0.